The second kappa shape index (κ2) is 5.95. The first-order valence-corrected chi connectivity index (χ1v) is 7.91. The van der Waals surface area contributed by atoms with Gasteiger partial charge in [0.2, 0.25) is 5.91 Å². The van der Waals surface area contributed by atoms with Crippen molar-refractivity contribution in [2.75, 3.05) is 0 Å². The van der Waals surface area contributed by atoms with Gasteiger partial charge in [0.1, 0.15) is 0 Å². The van der Waals surface area contributed by atoms with Gasteiger partial charge in [-0.1, -0.05) is 30.3 Å². The highest BCUT2D eigenvalue weighted by atomic mass is 16.2. The van der Waals surface area contributed by atoms with E-state index in [0.717, 1.165) is 17.8 Å². The highest BCUT2D eigenvalue weighted by Gasteiger charge is 2.44. The lowest BCUT2D eigenvalue weighted by molar-refractivity contribution is -0.123. The molecule has 2 aromatic rings. The maximum absolute atomic E-state index is 12.3. The van der Waals surface area contributed by atoms with Gasteiger partial charge in [-0.05, 0) is 44.7 Å². The fraction of sp³-hybridized carbons (Fsp3) is 0.444. The molecule has 0 spiro atoms. The summed E-state index contributed by atoms with van der Waals surface area (Å²) in [4.78, 5) is 12.3. The zero-order valence-electron chi connectivity index (χ0n) is 13.4. The lowest BCUT2D eigenvalue weighted by atomic mass is 10.1. The van der Waals surface area contributed by atoms with Crippen molar-refractivity contribution >= 4 is 5.91 Å². The standard InChI is InChI=1S/C18H23N3O/c1-12-9-14(3)21(20-12)11-13(2)19-18(22)17-10-16(17)15-7-5-4-6-8-15/h4-9,13,16-17H,10-11H2,1-3H3,(H,19,22)/t13-,16+,17+/m0/s1. The first-order valence-electron chi connectivity index (χ1n) is 7.91. The van der Waals surface area contributed by atoms with Crippen molar-refractivity contribution in [3.05, 3.63) is 53.3 Å². The van der Waals surface area contributed by atoms with E-state index in [9.17, 15) is 4.79 Å². The van der Waals surface area contributed by atoms with Gasteiger partial charge in [-0.15, -0.1) is 0 Å². The van der Waals surface area contributed by atoms with Gasteiger partial charge in [0, 0.05) is 17.7 Å². The van der Waals surface area contributed by atoms with Gasteiger partial charge in [0.05, 0.1) is 12.2 Å². The predicted molar refractivity (Wildman–Crippen MR) is 86.6 cm³/mol. The average Bonchev–Trinajstić information content (AvgIpc) is 3.22. The number of hydrogen-bond donors (Lipinski definition) is 1. The molecule has 1 aliphatic rings. The van der Waals surface area contributed by atoms with E-state index in [4.69, 9.17) is 0 Å². The van der Waals surface area contributed by atoms with E-state index in [1.54, 1.807) is 0 Å². The Morgan fingerprint density at radius 2 is 2.09 bits per heavy atom. The summed E-state index contributed by atoms with van der Waals surface area (Å²) in [6.45, 7) is 6.78. The second-order valence-corrected chi connectivity index (χ2v) is 6.38. The fourth-order valence-electron chi connectivity index (χ4n) is 3.07. The Kier molecular flexibility index (Phi) is 4.01. The Balaban J connectivity index is 1.53. The summed E-state index contributed by atoms with van der Waals surface area (Å²) in [6, 6.07) is 12.4. The van der Waals surface area contributed by atoms with Crippen LogP contribution in [0.1, 0.15) is 36.2 Å². The van der Waals surface area contributed by atoms with Gasteiger partial charge in [0.25, 0.3) is 0 Å². The Morgan fingerprint density at radius 1 is 1.36 bits per heavy atom. The smallest absolute Gasteiger partial charge is 0.224 e. The van der Waals surface area contributed by atoms with Crippen LogP contribution >= 0.6 is 0 Å². The van der Waals surface area contributed by atoms with Gasteiger partial charge in [0.15, 0.2) is 0 Å². The monoisotopic (exact) mass is 297 g/mol. The van der Waals surface area contributed by atoms with Crippen LogP contribution in [-0.2, 0) is 11.3 Å². The summed E-state index contributed by atoms with van der Waals surface area (Å²) in [5, 5.41) is 7.57. The molecule has 0 unspecified atom stereocenters. The van der Waals surface area contributed by atoms with E-state index in [-0.39, 0.29) is 17.9 Å². The number of amides is 1. The van der Waals surface area contributed by atoms with E-state index in [2.05, 4.69) is 28.6 Å². The number of rotatable bonds is 5. The number of carbonyl (C=O) groups excluding carboxylic acids is 1. The number of carbonyl (C=O) groups is 1. The van der Waals surface area contributed by atoms with Crippen LogP contribution in [0.5, 0.6) is 0 Å². The van der Waals surface area contributed by atoms with Crippen molar-refractivity contribution in [2.45, 2.75) is 45.7 Å². The first-order chi connectivity index (χ1) is 10.5. The minimum atomic E-state index is 0.0857. The molecule has 0 bridgehead atoms. The summed E-state index contributed by atoms with van der Waals surface area (Å²) in [5.41, 5.74) is 3.42. The van der Waals surface area contributed by atoms with Gasteiger partial charge in [-0.3, -0.25) is 9.48 Å². The summed E-state index contributed by atoms with van der Waals surface area (Å²) < 4.78 is 1.96. The normalized spacial score (nSPS) is 21.4. The van der Waals surface area contributed by atoms with Gasteiger partial charge in [-0.2, -0.15) is 5.10 Å². The van der Waals surface area contributed by atoms with Crippen molar-refractivity contribution in [3.8, 4) is 0 Å². The van der Waals surface area contributed by atoms with Crippen molar-refractivity contribution in [3.63, 3.8) is 0 Å². The molecule has 1 aliphatic carbocycles. The zero-order chi connectivity index (χ0) is 15.7. The first kappa shape index (κ1) is 14.8. The van der Waals surface area contributed by atoms with Crippen LogP contribution in [-0.4, -0.2) is 21.7 Å². The van der Waals surface area contributed by atoms with E-state index in [1.807, 2.05) is 43.7 Å². The SMILES string of the molecule is Cc1cc(C)n(C[C@H](C)NC(=O)[C@@H]2C[C@@H]2c2ccccc2)n1. The van der Waals surface area contributed by atoms with E-state index in [0.29, 0.717) is 12.5 Å². The molecule has 3 rings (SSSR count). The van der Waals surface area contributed by atoms with Crippen LogP contribution in [0.15, 0.2) is 36.4 Å². The molecular weight excluding hydrogens is 274 g/mol. The van der Waals surface area contributed by atoms with Crippen molar-refractivity contribution in [1.82, 2.24) is 15.1 Å². The Morgan fingerprint density at radius 3 is 2.73 bits per heavy atom. The highest BCUT2D eigenvalue weighted by molar-refractivity contribution is 5.83. The third-order valence-electron chi connectivity index (χ3n) is 4.29. The molecule has 1 heterocycles. The maximum atomic E-state index is 12.3. The molecule has 3 atom stereocenters. The second-order valence-electron chi connectivity index (χ2n) is 6.38. The lowest BCUT2D eigenvalue weighted by Gasteiger charge is -2.15. The molecule has 1 amide bonds. The number of nitrogens with one attached hydrogen (secondary N) is 1. The number of benzene rings is 1. The van der Waals surface area contributed by atoms with Crippen LogP contribution in [0.4, 0.5) is 0 Å². The quantitative estimate of drug-likeness (QED) is 0.922. The van der Waals surface area contributed by atoms with Crippen molar-refractivity contribution in [1.29, 1.82) is 0 Å². The summed E-state index contributed by atoms with van der Waals surface area (Å²) in [5.74, 6) is 0.690. The van der Waals surface area contributed by atoms with Crippen LogP contribution in [0, 0.1) is 19.8 Å². The number of aromatic nitrogens is 2. The Labute approximate surface area is 131 Å². The minimum absolute atomic E-state index is 0.0857. The van der Waals surface area contributed by atoms with Gasteiger partial charge < -0.3 is 5.32 Å². The molecule has 0 aliphatic heterocycles. The summed E-state index contributed by atoms with van der Waals surface area (Å²) in [7, 11) is 0. The molecule has 1 N–H and O–H groups in total. The van der Waals surface area contributed by atoms with E-state index in [1.165, 1.54) is 5.56 Å². The van der Waals surface area contributed by atoms with Gasteiger partial charge in [-0.25, -0.2) is 0 Å². The molecule has 4 nitrogen and oxygen atoms in total. The van der Waals surface area contributed by atoms with Crippen LogP contribution in [0.2, 0.25) is 0 Å². The predicted octanol–water partition coefficient (Wildman–Crippen LogP) is 2.81. The molecule has 1 fully saturated rings. The Hall–Kier alpha value is -2.10. The number of aryl methyl sites for hydroxylation is 2. The van der Waals surface area contributed by atoms with Crippen molar-refractivity contribution < 1.29 is 4.79 Å². The third kappa shape index (κ3) is 3.21. The summed E-state index contributed by atoms with van der Waals surface area (Å²) >= 11 is 0. The Bertz CT molecular complexity index is 662. The largest absolute Gasteiger partial charge is 0.352 e. The van der Waals surface area contributed by atoms with E-state index >= 15 is 0 Å². The summed E-state index contributed by atoms with van der Waals surface area (Å²) in [6.07, 6.45) is 0.961. The van der Waals surface area contributed by atoms with E-state index < -0.39 is 0 Å². The molecule has 0 saturated heterocycles. The number of nitrogens with zero attached hydrogens (tertiary/aromatic N) is 2. The van der Waals surface area contributed by atoms with Crippen LogP contribution in [0.25, 0.3) is 0 Å². The molecular formula is C18H23N3O. The molecule has 116 valence electrons. The molecule has 1 aromatic carbocycles. The average molecular weight is 297 g/mol. The zero-order valence-corrected chi connectivity index (χ0v) is 13.4. The number of hydrogen-bond acceptors (Lipinski definition) is 2. The highest BCUT2D eigenvalue weighted by Crippen LogP contribution is 2.47. The lowest BCUT2D eigenvalue weighted by Crippen LogP contribution is -2.37. The van der Waals surface area contributed by atoms with Gasteiger partial charge >= 0.3 is 0 Å². The maximum Gasteiger partial charge on any atom is 0.224 e. The molecule has 1 saturated carbocycles. The minimum Gasteiger partial charge on any atom is -0.352 e. The molecule has 0 radical (unpaired) electrons. The molecule has 1 aromatic heterocycles. The topological polar surface area (TPSA) is 46.9 Å². The fourth-order valence-corrected chi connectivity index (χ4v) is 3.07. The molecule has 22 heavy (non-hydrogen) atoms. The molecule has 4 heteroatoms. The third-order valence-corrected chi connectivity index (χ3v) is 4.29. The van der Waals surface area contributed by atoms with Crippen LogP contribution in [0.3, 0.4) is 0 Å². The van der Waals surface area contributed by atoms with Crippen LogP contribution < -0.4 is 5.32 Å². The van der Waals surface area contributed by atoms with Crippen molar-refractivity contribution in [2.24, 2.45) is 5.92 Å².